The largest absolute Gasteiger partial charge is 0.396 e. The molecule has 0 saturated carbocycles. The maximum Gasteiger partial charge on any atom is 0.0471 e. The van der Waals surface area contributed by atoms with Crippen LogP contribution in [0.2, 0.25) is 5.02 Å². The summed E-state index contributed by atoms with van der Waals surface area (Å²) in [7, 11) is 2.17. The molecule has 17 heavy (non-hydrogen) atoms. The Balaban J connectivity index is 2.10. The van der Waals surface area contributed by atoms with Crippen LogP contribution in [0.3, 0.4) is 0 Å². The SMILES string of the molecule is CN1CCC(c2ccc(CCO)cc2Cl)CC1. The van der Waals surface area contributed by atoms with Gasteiger partial charge in [-0.05, 0) is 62.5 Å². The number of nitrogens with zero attached hydrogens (tertiary/aromatic N) is 1. The predicted octanol–water partition coefficient (Wildman–Crippen LogP) is 2.68. The molecule has 1 N–H and O–H groups in total. The van der Waals surface area contributed by atoms with E-state index in [1.54, 1.807) is 0 Å². The zero-order valence-electron chi connectivity index (χ0n) is 10.3. The lowest BCUT2D eigenvalue weighted by Crippen LogP contribution is -2.29. The van der Waals surface area contributed by atoms with Crippen LogP contribution in [-0.2, 0) is 6.42 Å². The monoisotopic (exact) mass is 253 g/mol. The standard InChI is InChI=1S/C14H20ClNO/c1-16-7-4-12(5-8-16)13-3-2-11(6-9-17)10-14(13)15/h2-3,10,12,17H,4-9H2,1H3. The number of benzene rings is 1. The molecule has 0 aliphatic carbocycles. The molecule has 1 aromatic carbocycles. The quantitative estimate of drug-likeness (QED) is 0.895. The highest BCUT2D eigenvalue weighted by Gasteiger charge is 2.20. The van der Waals surface area contributed by atoms with Crippen molar-refractivity contribution in [1.29, 1.82) is 0 Å². The smallest absolute Gasteiger partial charge is 0.0471 e. The van der Waals surface area contributed by atoms with E-state index in [0.29, 0.717) is 12.3 Å². The van der Waals surface area contributed by atoms with Gasteiger partial charge in [0, 0.05) is 11.6 Å². The number of piperidine rings is 1. The summed E-state index contributed by atoms with van der Waals surface area (Å²) in [5, 5.41) is 9.78. The molecule has 3 heteroatoms. The Kier molecular flexibility index (Phi) is 4.43. The van der Waals surface area contributed by atoms with Crippen LogP contribution in [-0.4, -0.2) is 36.8 Å². The van der Waals surface area contributed by atoms with Crippen molar-refractivity contribution in [2.45, 2.75) is 25.2 Å². The molecular weight excluding hydrogens is 234 g/mol. The highest BCUT2D eigenvalue weighted by Crippen LogP contribution is 2.33. The van der Waals surface area contributed by atoms with Gasteiger partial charge >= 0.3 is 0 Å². The van der Waals surface area contributed by atoms with Crippen LogP contribution < -0.4 is 0 Å². The van der Waals surface area contributed by atoms with Crippen LogP contribution in [0.15, 0.2) is 18.2 Å². The van der Waals surface area contributed by atoms with Gasteiger partial charge in [-0.15, -0.1) is 0 Å². The Bertz CT molecular complexity index is 372. The molecule has 0 spiro atoms. The molecule has 2 nitrogen and oxygen atoms in total. The lowest BCUT2D eigenvalue weighted by molar-refractivity contribution is 0.255. The number of hydrogen-bond donors (Lipinski definition) is 1. The zero-order valence-corrected chi connectivity index (χ0v) is 11.1. The number of rotatable bonds is 3. The lowest BCUT2D eigenvalue weighted by atomic mass is 9.89. The van der Waals surface area contributed by atoms with Crippen molar-refractivity contribution in [2.24, 2.45) is 0 Å². The van der Waals surface area contributed by atoms with Gasteiger partial charge in [-0.3, -0.25) is 0 Å². The van der Waals surface area contributed by atoms with Gasteiger partial charge in [0.05, 0.1) is 0 Å². The second-order valence-corrected chi connectivity index (χ2v) is 5.31. The molecular formula is C14H20ClNO. The van der Waals surface area contributed by atoms with Gasteiger partial charge in [0.25, 0.3) is 0 Å². The Morgan fingerprint density at radius 1 is 1.35 bits per heavy atom. The Morgan fingerprint density at radius 2 is 2.06 bits per heavy atom. The Hall–Kier alpha value is -0.570. The number of aliphatic hydroxyl groups is 1. The van der Waals surface area contributed by atoms with E-state index in [9.17, 15) is 0 Å². The van der Waals surface area contributed by atoms with Crippen LogP contribution in [0.5, 0.6) is 0 Å². The van der Waals surface area contributed by atoms with E-state index in [1.165, 1.54) is 18.4 Å². The number of likely N-dealkylation sites (tertiary alicyclic amines) is 1. The summed E-state index contributed by atoms with van der Waals surface area (Å²) in [6.45, 7) is 2.49. The highest BCUT2D eigenvalue weighted by molar-refractivity contribution is 6.31. The van der Waals surface area contributed by atoms with Crippen LogP contribution in [0.1, 0.15) is 29.9 Å². The van der Waals surface area contributed by atoms with E-state index < -0.39 is 0 Å². The van der Waals surface area contributed by atoms with E-state index >= 15 is 0 Å². The lowest BCUT2D eigenvalue weighted by Gasteiger charge is -2.29. The summed E-state index contributed by atoms with van der Waals surface area (Å²) in [4.78, 5) is 2.37. The number of halogens is 1. The van der Waals surface area contributed by atoms with Crippen molar-refractivity contribution in [1.82, 2.24) is 4.90 Å². The average molecular weight is 254 g/mol. The molecule has 0 amide bonds. The molecule has 1 aliphatic heterocycles. The maximum atomic E-state index is 8.91. The Morgan fingerprint density at radius 3 is 2.65 bits per heavy atom. The predicted molar refractivity (Wildman–Crippen MR) is 71.7 cm³/mol. The van der Waals surface area contributed by atoms with Gasteiger partial charge in [-0.1, -0.05) is 23.7 Å². The topological polar surface area (TPSA) is 23.5 Å². The van der Waals surface area contributed by atoms with E-state index in [0.717, 1.165) is 23.7 Å². The summed E-state index contributed by atoms with van der Waals surface area (Å²) >= 11 is 6.34. The molecule has 1 aromatic rings. The molecule has 0 bridgehead atoms. The summed E-state index contributed by atoms with van der Waals surface area (Å²) in [5.41, 5.74) is 2.40. The summed E-state index contributed by atoms with van der Waals surface area (Å²) in [5.74, 6) is 0.599. The van der Waals surface area contributed by atoms with Crippen LogP contribution in [0, 0.1) is 0 Å². The first-order valence-electron chi connectivity index (χ1n) is 6.28. The number of aliphatic hydroxyl groups excluding tert-OH is 1. The summed E-state index contributed by atoms with van der Waals surface area (Å²) < 4.78 is 0. The van der Waals surface area contributed by atoms with Gasteiger partial charge in [0.1, 0.15) is 0 Å². The fraction of sp³-hybridized carbons (Fsp3) is 0.571. The summed E-state index contributed by atoms with van der Waals surface area (Å²) in [6, 6.07) is 6.24. The van der Waals surface area contributed by atoms with Crippen molar-refractivity contribution >= 4 is 11.6 Å². The zero-order chi connectivity index (χ0) is 12.3. The van der Waals surface area contributed by atoms with Crippen molar-refractivity contribution in [3.63, 3.8) is 0 Å². The fourth-order valence-corrected chi connectivity index (χ4v) is 2.86. The van der Waals surface area contributed by atoms with E-state index in [2.05, 4.69) is 24.1 Å². The third kappa shape index (κ3) is 3.21. The maximum absolute atomic E-state index is 8.91. The van der Waals surface area contributed by atoms with Crippen molar-refractivity contribution in [3.8, 4) is 0 Å². The van der Waals surface area contributed by atoms with Gasteiger partial charge < -0.3 is 10.0 Å². The van der Waals surface area contributed by atoms with Gasteiger partial charge in [-0.25, -0.2) is 0 Å². The first kappa shape index (κ1) is 12.9. The third-order valence-corrected chi connectivity index (χ3v) is 3.95. The molecule has 0 unspecified atom stereocenters. The molecule has 1 heterocycles. The Labute approximate surface area is 108 Å². The van der Waals surface area contributed by atoms with Gasteiger partial charge in [-0.2, -0.15) is 0 Å². The highest BCUT2D eigenvalue weighted by atomic mass is 35.5. The molecule has 2 rings (SSSR count). The van der Waals surface area contributed by atoms with Crippen LogP contribution in [0.25, 0.3) is 0 Å². The molecule has 0 radical (unpaired) electrons. The van der Waals surface area contributed by atoms with Crippen molar-refractivity contribution in [2.75, 3.05) is 26.7 Å². The minimum absolute atomic E-state index is 0.184. The average Bonchev–Trinajstić information content (AvgIpc) is 2.31. The second kappa shape index (κ2) is 5.85. The molecule has 0 atom stereocenters. The molecule has 0 aromatic heterocycles. The van der Waals surface area contributed by atoms with Crippen LogP contribution >= 0.6 is 11.6 Å². The van der Waals surface area contributed by atoms with E-state index in [4.69, 9.17) is 16.7 Å². The fourth-order valence-electron chi connectivity index (χ4n) is 2.51. The third-order valence-electron chi connectivity index (χ3n) is 3.62. The molecule has 1 fully saturated rings. The van der Waals surface area contributed by atoms with Gasteiger partial charge in [0.2, 0.25) is 0 Å². The first-order valence-corrected chi connectivity index (χ1v) is 6.66. The first-order chi connectivity index (χ1) is 8.20. The van der Waals surface area contributed by atoms with E-state index in [-0.39, 0.29) is 6.61 Å². The molecule has 1 saturated heterocycles. The minimum Gasteiger partial charge on any atom is -0.396 e. The van der Waals surface area contributed by atoms with Crippen molar-refractivity contribution < 1.29 is 5.11 Å². The number of hydrogen-bond acceptors (Lipinski definition) is 2. The second-order valence-electron chi connectivity index (χ2n) is 4.91. The summed E-state index contributed by atoms with van der Waals surface area (Å²) in [6.07, 6.45) is 3.07. The van der Waals surface area contributed by atoms with Crippen LogP contribution in [0.4, 0.5) is 0 Å². The molecule has 1 aliphatic rings. The van der Waals surface area contributed by atoms with Gasteiger partial charge in [0.15, 0.2) is 0 Å². The minimum atomic E-state index is 0.184. The molecule has 94 valence electrons. The normalized spacial score (nSPS) is 18.5. The van der Waals surface area contributed by atoms with E-state index in [1.807, 2.05) is 6.07 Å². The van der Waals surface area contributed by atoms with Crippen molar-refractivity contribution in [3.05, 3.63) is 34.3 Å².